The smallest absolute Gasteiger partial charge is 0.364 e. The summed E-state index contributed by atoms with van der Waals surface area (Å²) in [7, 11) is 0. The first-order valence-electron chi connectivity index (χ1n) is 4.35. The summed E-state index contributed by atoms with van der Waals surface area (Å²) in [5.41, 5.74) is 1.55. The second-order valence-electron chi connectivity index (χ2n) is 2.73. The number of nitriles is 2. The van der Waals surface area contributed by atoms with E-state index in [9.17, 15) is 20.2 Å². The molecule has 0 saturated heterocycles. The SMILES string of the molecule is N#Cc1ccc([N+](=O)[O-])c([N+](=O)[O-])c1C#N.NC=O. The number of rotatable bonds is 2. The third kappa shape index (κ3) is 3.47. The van der Waals surface area contributed by atoms with Gasteiger partial charge in [0.05, 0.1) is 15.4 Å². The fourth-order valence-electron chi connectivity index (χ4n) is 1.12. The highest BCUT2D eigenvalue weighted by Crippen LogP contribution is 2.32. The molecule has 0 aliphatic carbocycles. The molecule has 0 bridgehead atoms. The maximum absolute atomic E-state index is 10.6. The first-order chi connectivity index (χ1) is 8.94. The van der Waals surface area contributed by atoms with E-state index in [1.54, 1.807) is 6.07 Å². The Morgan fingerprint density at radius 3 is 2.00 bits per heavy atom. The Morgan fingerprint density at radius 1 is 1.16 bits per heavy atom. The van der Waals surface area contributed by atoms with E-state index < -0.39 is 26.8 Å². The maximum atomic E-state index is 10.6. The summed E-state index contributed by atoms with van der Waals surface area (Å²) in [6.07, 6.45) is 0.250. The lowest BCUT2D eigenvalue weighted by Gasteiger charge is -1.97. The molecular formula is C9H5N5O5. The molecule has 0 fully saturated rings. The van der Waals surface area contributed by atoms with E-state index in [2.05, 4.69) is 5.73 Å². The second-order valence-corrected chi connectivity index (χ2v) is 2.73. The van der Waals surface area contributed by atoms with Crippen LogP contribution < -0.4 is 5.73 Å². The molecule has 1 aromatic carbocycles. The Bertz CT molecular complexity index is 613. The van der Waals surface area contributed by atoms with E-state index in [0.717, 1.165) is 12.1 Å². The first-order valence-corrected chi connectivity index (χ1v) is 4.35. The number of nitrogens with zero attached hydrogens (tertiary/aromatic N) is 4. The van der Waals surface area contributed by atoms with Gasteiger partial charge in [0.25, 0.3) is 0 Å². The molecule has 0 radical (unpaired) electrons. The topological polar surface area (TPSA) is 177 Å². The third-order valence-corrected chi connectivity index (χ3v) is 1.77. The van der Waals surface area contributed by atoms with Crippen LogP contribution >= 0.6 is 0 Å². The van der Waals surface area contributed by atoms with Crippen LogP contribution in [-0.2, 0) is 4.79 Å². The van der Waals surface area contributed by atoms with Crippen molar-refractivity contribution < 1.29 is 14.6 Å². The van der Waals surface area contributed by atoms with Gasteiger partial charge in [-0.05, 0) is 6.07 Å². The number of nitro groups is 2. The summed E-state index contributed by atoms with van der Waals surface area (Å²) >= 11 is 0. The van der Waals surface area contributed by atoms with Gasteiger partial charge in [0.2, 0.25) is 6.41 Å². The van der Waals surface area contributed by atoms with Gasteiger partial charge >= 0.3 is 11.4 Å². The highest BCUT2D eigenvalue weighted by Gasteiger charge is 2.30. The number of nitro benzene ring substituents is 2. The zero-order chi connectivity index (χ0) is 15.0. The van der Waals surface area contributed by atoms with Crippen LogP contribution in [0.15, 0.2) is 12.1 Å². The molecule has 10 nitrogen and oxygen atoms in total. The Hall–Kier alpha value is -3.53. The summed E-state index contributed by atoms with van der Waals surface area (Å²) in [6.45, 7) is 0. The van der Waals surface area contributed by atoms with Crippen LogP contribution in [0, 0.1) is 42.9 Å². The predicted molar refractivity (Wildman–Crippen MR) is 59.4 cm³/mol. The number of carbonyl (C=O) groups excluding carboxylic acids is 1. The highest BCUT2D eigenvalue weighted by molar-refractivity contribution is 5.67. The van der Waals surface area contributed by atoms with Crippen LogP contribution in [0.5, 0.6) is 0 Å². The molecule has 19 heavy (non-hydrogen) atoms. The Labute approximate surface area is 105 Å². The van der Waals surface area contributed by atoms with Crippen molar-refractivity contribution in [2.24, 2.45) is 5.73 Å². The molecule has 0 spiro atoms. The van der Waals surface area contributed by atoms with Crippen LogP contribution in [0.1, 0.15) is 11.1 Å². The number of carbonyl (C=O) groups is 1. The molecule has 0 saturated carbocycles. The molecule has 10 heteroatoms. The molecule has 1 amide bonds. The molecule has 0 unspecified atom stereocenters. The van der Waals surface area contributed by atoms with Crippen LogP contribution in [0.4, 0.5) is 11.4 Å². The summed E-state index contributed by atoms with van der Waals surface area (Å²) in [6, 6.07) is 4.82. The van der Waals surface area contributed by atoms with Gasteiger partial charge in [0.1, 0.15) is 12.1 Å². The highest BCUT2D eigenvalue weighted by atomic mass is 16.6. The number of hydrogen-bond donors (Lipinski definition) is 1. The Morgan fingerprint density at radius 2 is 1.68 bits per heavy atom. The van der Waals surface area contributed by atoms with Crippen molar-refractivity contribution in [1.82, 2.24) is 0 Å². The lowest BCUT2D eigenvalue weighted by atomic mass is 10.1. The van der Waals surface area contributed by atoms with Gasteiger partial charge in [0.15, 0.2) is 5.56 Å². The van der Waals surface area contributed by atoms with E-state index >= 15 is 0 Å². The van der Waals surface area contributed by atoms with E-state index in [1.807, 2.05) is 0 Å². The van der Waals surface area contributed by atoms with Gasteiger partial charge in [-0.2, -0.15) is 10.5 Å². The van der Waals surface area contributed by atoms with Gasteiger partial charge in [-0.3, -0.25) is 25.0 Å². The molecular weight excluding hydrogens is 258 g/mol. The van der Waals surface area contributed by atoms with Crippen LogP contribution in [-0.4, -0.2) is 16.3 Å². The number of primary amides is 1. The molecule has 2 N–H and O–H groups in total. The fourth-order valence-corrected chi connectivity index (χ4v) is 1.12. The van der Waals surface area contributed by atoms with Crippen LogP contribution in [0.3, 0.4) is 0 Å². The largest absolute Gasteiger partial charge is 0.372 e. The van der Waals surface area contributed by atoms with Crippen molar-refractivity contribution >= 4 is 17.8 Å². The molecule has 0 aliphatic heterocycles. The van der Waals surface area contributed by atoms with Crippen molar-refractivity contribution in [2.75, 3.05) is 0 Å². The van der Waals surface area contributed by atoms with Gasteiger partial charge in [0, 0.05) is 6.07 Å². The monoisotopic (exact) mass is 263 g/mol. The van der Waals surface area contributed by atoms with Gasteiger partial charge in [-0.1, -0.05) is 0 Å². The minimum Gasteiger partial charge on any atom is -0.372 e. The quantitative estimate of drug-likeness (QED) is 0.454. The summed E-state index contributed by atoms with van der Waals surface area (Å²) in [5.74, 6) is 0. The van der Waals surface area contributed by atoms with Gasteiger partial charge < -0.3 is 5.73 Å². The van der Waals surface area contributed by atoms with Crippen molar-refractivity contribution in [3.8, 4) is 12.1 Å². The van der Waals surface area contributed by atoms with E-state index in [4.69, 9.17) is 15.3 Å². The number of amides is 1. The minimum absolute atomic E-state index is 0.250. The molecule has 0 heterocycles. The molecule has 1 rings (SSSR count). The summed E-state index contributed by atoms with van der Waals surface area (Å²) in [4.78, 5) is 27.7. The summed E-state index contributed by atoms with van der Waals surface area (Å²) in [5, 5.41) is 38.4. The van der Waals surface area contributed by atoms with Crippen LogP contribution in [0.2, 0.25) is 0 Å². The molecule has 0 aromatic heterocycles. The van der Waals surface area contributed by atoms with Crippen molar-refractivity contribution in [1.29, 1.82) is 10.5 Å². The molecule has 0 aliphatic rings. The minimum atomic E-state index is -1.04. The molecule has 1 aromatic rings. The number of nitrogens with two attached hydrogens (primary N) is 1. The van der Waals surface area contributed by atoms with Crippen molar-refractivity contribution in [2.45, 2.75) is 0 Å². The Kier molecular flexibility index (Phi) is 5.64. The van der Waals surface area contributed by atoms with E-state index in [-0.39, 0.29) is 12.0 Å². The van der Waals surface area contributed by atoms with Crippen LogP contribution in [0.25, 0.3) is 0 Å². The lowest BCUT2D eigenvalue weighted by Crippen LogP contribution is -2.01. The molecule has 0 atom stereocenters. The zero-order valence-corrected chi connectivity index (χ0v) is 9.14. The van der Waals surface area contributed by atoms with E-state index in [1.165, 1.54) is 6.07 Å². The standard InChI is InChI=1S/C8H2N4O4.CH3NO/c9-3-5-1-2-7(11(13)14)8(12(15)16)6(5)4-10;2-1-3/h1-2H;1H,(H2,2,3). The normalized spacial score (nSPS) is 8.11. The number of hydrogen-bond acceptors (Lipinski definition) is 7. The lowest BCUT2D eigenvalue weighted by molar-refractivity contribution is -0.422. The average molecular weight is 263 g/mol. The summed E-state index contributed by atoms with van der Waals surface area (Å²) < 4.78 is 0. The molecule has 96 valence electrons. The first kappa shape index (κ1) is 15.5. The maximum Gasteiger partial charge on any atom is 0.364 e. The Balaban J connectivity index is 0.000000982. The third-order valence-electron chi connectivity index (χ3n) is 1.77. The number of benzene rings is 1. The van der Waals surface area contributed by atoms with Gasteiger partial charge in [-0.25, -0.2) is 0 Å². The van der Waals surface area contributed by atoms with E-state index in [0.29, 0.717) is 0 Å². The van der Waals surface area contributed by atoms with Gasteiger partial charge in [-0.15, -0.1) is 0 Å². The predicted octanol–water partition coefficient (Wildman–Crippen LogP) is 0.348. The zero-order valence-electron chi connectivity index (χ0n) is 9.14. The van der Waals surface area contributed by atoms with Crippen molar-refractivity contribution in [3.05, 3.63) is 43.5 Å². The second kappa shape index (κ2) is 6.93. The average Bonchev–Trinajstić information content (AvgIpc) is 2.37. The van der Waals surface area contributed by atoms with Crippen molar-refractivity contribution in [3.63, 3.8) is 0 Å². The fraction of sp³-hybridized carbons (Fsp3) is 0.